The number of fused-ring (bicyclic) bond motifs is 1. The molecule has 4 aromatic rings. The Labute approximate surface area is 221 Å². The number of carboxylic acids is 1. The van der Waals surface area contributed by atoms with Crippen LogP contribution in [0.25, 0.3) is 21.2 Å². The van der Waals surface area contributed by atoms with Crippen LogP contribution in [-0.4, -0.2) is 33.0 Å². The van der Waals surface area contributed by atoms with Gasteiger partial charge >= 0.3 is 5.97 Å². The van der Waals surface area contributed by atoms with Crippen LogP contribution in [0.5, 0.6) is 0 Å². The molecule has 0 saturated carbocycles. The number of carbonyl (C=O) groups excluding carboxylic acids is 1. The summed E-state index contributed by atoms with van der Waals surface area (Å²) in [5, 5.41) is 14.8. The number of aromatic amines is 1. The number of aryl methyl sites for hydroxylation is 1. The Balaban J connectivity index is 0.00000127. The van der Waals surface area contributed by atoms with Crippen molar-refractivity contribution in [1.29, 1.82) is 5.53 Å². The third kappa shape index (κ3) is 8.50. The van der Waals surface area contributed by atoms with Crippen LogP contribution in [0.15, 0.2) is 85.3 Å². The summed E-state index contributed by atoms with van der Waals surface area (Å²) in [5.41, 5.74) is 15.3. The van der Waals surface area contributed by atoms with Crippen molar-refractivity contribution in [2.45, 2.75) is 44.6 Å². The molecule has 9 heteroatoms. The van der Waals surface area contributed by atoms with E-state index < -0.39 is 12.0 Å². The first-order valence-corrected chi connectivity index (χ1v) is 12.5. The number of carbonyl (C=O) groups is 2. The summed E-state index contributed by atoms with van der Waals surface area (Å²) in [6.45, 7) is 0. The van der Waals surface area contributed by atoms with Gasteiger partial charge in [-0.3, -0.25) is 4.79 Å². The number of hydrogen-bond acceptors (Lipinski definition) is 4. The van der Waals surface area contributed by atoms with Crippen molar-refractivity contribution in [1.82, 2.24) is 15.3 Å². The van der Waals surface area contributed by atoms with Gasteiger partial charge in [-0.05, 0) is 58.0 Å². The maximum Gasteiger partial charge on any atom is 0.326 e. The maximum atomic E-state index is 13.4. The first-order chi connectivity index (χ1) is 18.5. The molecule has 0 fully saturated rings. The van der Waals surface area contributed by atoms with Gasteiger partial charge in [0, 0.05) is 24.2 Å². The number of nitrogens with zero attached hydrogens (tertiary/aromatic N) is 3. The lowest BCUT2D eigenvalue weighted by molar-refractivity contribution is -0.142. The normalized spacial score (nSPS) is 12.0. The van der Waals surface area contributed by atoms with Crippen LogP contribution in [0, 0.1) is 11.4 Å². The summed E-state index contributed by atoms with van der Waals surface area (Å²) in [6, 6.07) is 23.6. The standard InChI is InChI=1S/C29H31N3O3.HN3/c33-28(32-27(29(34)35)18-25-19-30-20-31-25)24(13-5-4-11-21-9-2-1-3-10-21)17-23-15-8-14-22-12-6-7-16-26(22)23;1-3-2/h1-3,6-10,12,14-16,19-20,24,27H,4-5,11,13,17-18H2,(H,30,31)(H,32,33)(H,34,35);1H/t24?,27-;/m0./s1. The predicted octanol–water partition coefficient (Wildman–Crippen LogP) is 5.82. The van der Waals surface area contributed by atoms with Crippen LogP contribution in [0.4, 0.5) is 0 Å². The second-order valence-electron chi connectivity index (χ2n) is 9.05. The number of hydrogen-bond donors (Lipinski definition) is 4. The van der Waals surface area contributed by atoms with E-state index in [1.54, 1.807) is 11.1 Å². The monoisotopic (exact) mass is 512 g/mol. The van der Waals surface area contributed by atoms with Gasteiger partial charge in [0.15, 0.2) is 0 Å². The summed E-state index contributed by atoms with van der Waals surface area (Å²) >= 11 is 0. The molecule has 9 nitrogen and oxygen atoms in total. The Morgan fingerprint density at radius 1 is 1.00 bits per heavy atom. The first kappa shape index (κ1) is 28.0. The number of rotatable bonds is 12. The fourth-order valence-corrected chi connectivity index (χ4v) is 4.53. The third-order valence-corrected chi connectivity index (χ3v) is 6.42. The Morgan fingerprint density at radius 3 is 2.42 bits per heavy atom. The molecular weight excluding hydrogens is 480 g/mol. The molecule has 0 bridgehead atoms. The number of aromatic nitrogens is 2. The van der Waals surface area contributed by atoms with Crippen molar-refractivity contribution < 1.29 is 14.7 Å². The highest BCUT2D eigenvalue weighted by molar-refractivity contribution is 5.88. The topological polar surface area (TPSA) is 155 Å². The van der Waals surface area contributed by atoms with Crippen molar-refractivity contribution in [2.75, 3.05) is 0 Å². The zero-order valence-electron chi connectivity index (χ0n) is 21.1. The minimum atomic E-state index is -1.05. The molecular formula is C29H32N6O3. The molecule has 196 valence electrons. The molecule has 0 saturated heterocycles. The minimum absolute atomic E-state index is 0.163. The van der Waals surface area contributed by atoms with E-state index in [0.717, 1.165) is 35.6 Å². The summed E-state index contributed by atoms with van der Waals surface area (Å²) in [5.74, 6) is -1.59. The molecule has 4 rings (SSSR count). The van der Waals surface area contributed by atoms with Crippen molar-refractivity contribution in [2.24, 2.45) is 5.92 Å². The van der Waals surface area contributed by atoms with Crippen LogP contribution in [-0.2, 0) is 28.9 Å². The van der Waals surface area contributed by atoms with E-state index in [0.29, 0.717) is 18.5 Å². The van der Waals surface area contributed by atoms with E-state index >= 15 is 0 Å². The number of unbranched alkanes of at least 4 members (excludes halogenated alkanes) is 1. The van der Waals surface area contributed by atoms with Crippen LogP contribution in [0.3, 0.4) is 0 Å². The lowest BCUT2D eigenvalue weighted by Gasteiger charge is -2.21. The molecule has 1 aromatic heterocycles. The van der Waals surface area contributed by atoms with Gasteiger partial charge in [0.25, 0.3) is 0 Å². The van der Waals surface area contributed by atoms with E-state index in [1.807, 2.05) is 36.4 Å². The Kier molecular flexibility index (Phi) is 10.9. The average Bonchev–Trinajstić information content (AvgIpc) is 3.44. The molecule has 4 N–H and O–H groups in total. The molecule has 38 heavy (non-hydrogen) atoms. The Bertz CT molecular complexity index is 1330. The largest absolute Gasteiger partial charge is 0.480 e. The predicted molar refractivity (Wildman–Crippen MR) is 146 cm³/mol. The van der Waals surface area contributed by atoms with E-state index in [9.17, 15) is 14.7 Å². The van der Waals surface area contributed by atoms with Crippen molar-refractivity contribution in [3.05, 3.63) is 113 Å². The van der Waals surface area contributed by atoms with E-state index in [4.69, 9.17) is 11.1 Å². The van der Waals surface area contributed by atoms with Gasteiger partial charge in [-0.2, -0.15) is 0 Å². The zero-order chi connectivity index (χ0) is 27.2. The maximum absolute atomic E-state index is 13.4. The van der Waals surface area contributed by atoms with Gasteiger partial charge in [0.1, 0.15) is 6.04 Å². The number of H-pyrrole nitrogens is 1. The van der Waals surface area contributed by atoms with Gasteiger partial charge in [-0.15, -0.1) is 5.53 Å². The van der Waals surface area contributed by atoms with Crippen LogP contribution < -0.4 is 5.32 Å². The van der Waals surface area contributed by atoms with E-state index in [1.165, 1.54) is 11.9 Å². The number of amides is 1. The smallest absolute Gasteiger partial charge is 0.326 e. The third-order valence-electron chi connectivity index (χ3n) is 6.42. The van der Waals surface area contributed by atoms with Crippen LogP contribution in [0.2, 0.25) is 0 Å². The molecule has 0 spiro atoms. The van der Waals surface area contributed by atoms with E-state index in [2.05, 4.69) is 51.7 Å². The number of aliphatic carboxylic acids is 1. The fraction of sp³-hybridized carbons (Fsp3) is 0.276. The summed E-state index contributed by atoms with van der Waals surface area (Å²) in [6.07, 6.45) is 7.32. The van der Waals surface area contributed by atoms with Gasteiger partial charge < -0.3 is 15.4 Å². The Morgan fingerprint density at radius 2 is 1.71 bits per heavy atom. The van der Waals surface area contributed by atoms with Crippen molar-refractivity contribution in [3.63, 3.8) is 0 Å². The highest BCUT2D eigenvalue weighted by Crippen LogP contribution is 2.24. The van der Waals surface area contributed by atoms with E-state index in [-0.39, 0.29) is 18.2 Å². The molecule has 1 amide bonds. The molecule has 3 aromatic carbocycles. The molecule has 1 unspecified atom stereocenters. The van der Waals surface area contributed by atoms with Crippen molar-refractivity contribution >= 4 is 22.6 Å². The zero-order valence-corrected chi connectivity index (χ0v) is 21.1. The first-order valence-electron chi connectivity index (χ1n) is 12.5. The molecule has 0 aliphatic carbocycles. The molecule has 2 atom stereocenters. The van der Waals surface area contributed by atoms with Gasteiger partial charge in [-0.25, -0.2) is 9.78 Å². The SMILES string of the molecule is O=C(N[C@@H](Cc1cnc[nH]1)C(=O)O)C(CCCCc1ccccc1)Cc1cccc2ccccc12.[N-]=[N+]=N. The molecule has 0 radical (unpaired) electrons. The summed E-state index contributed by atoms with van der Waals surface area (Å²) in [4.78, 5) is 33.9. The van der Waals surface area contributed by atoms with Crippen molar-refractivity contribution in [3.8, 4) is 0 Å². The highest BCUT2D eigenvalue weighted by Gasteiger charge is 2.26. The number of carboxylic acid groups (broad SMARTS) is 1. The minimum Gasteiger partial charge on any atom is -0.480 e. The molecule has 1 heterocycles. The van der Waals surface area contributed by atoms with Crippen LogP contribution >= 0.6 is 0 Å². The average molecular weight is 513 g/mol. The molecule has 0 aliphatic rings. The van der Waals surface area contributed by atoms with Crippen LogP contribution in [0.1, 0.15) is 36.1 Å². The molecule has 0 aliphatic heterocycles. The van der Waals surface area contributed by atoms with Gasteiger partial charge in [-0.1, -0.05) is 79.2 Å². The summed E-state index contributed by atoms with van der Waals surface area (Å²) in [7, 11) is 0. The number of benzene rings is 3. The Hall–Kier alpha value is -4.62. The highest BCUT2D eigenvalue weighted by atomic mass is 16.4. The lowest BCUT2D eigenvalue weighted by Crippen LogP contribution is -2.45. The van der Waals surface area contributed by atoms with Gasteiger partial charge in [0.05, 0.1) is 6.33 Å². The van der Waals surface area contributed by atoms with Gasteiger partial charge in [0.2, 0.25) is 5.91 Å². The fourth-order valence-electron chi connectivity index (χ4n) is 4.53. The second kappa shape index (κ2) is 14.8. The number of nitrogens with one attached hydrogen (secondary N) is 3. The number of imidazole rings is 1. The lowest BCUT2D eigenvalue weighted by atomic mass is 9.89. The summed E-state index contributed by atoms with van der Waals surface area (Å²) < 4.78 is 0. The second-order valence-corrected chi connectivity index (χ2v) is 9.05. The quantitative estimate of drug-likeness (QED) is 0.0816.